The third kappa shape index (κ3) is 1.61. The predicted molar refractivity (Wildman–Crippen MR) is 61.7 cm³/mol. The molecule has 0 aromatic carbocycles. The highest BCUT2D eigenvalue weighted by Gasteiger charge is 2.25. The molecule has 2 aromatic rings. The lowest BCUT2D eigenvalue weighted by Crippen LogP contribution is -2.24. The van der Waals surface area contributed by atoms with Gasteiger partial charge in [0.25, 0.3) is 0 Å². The Bertz CT molecular complexity index is 619. The Balaban J connectivity index is 2.10. The molecule has 0 spiro atoms. The Hall–Kier alpha value is -2.70. The molecule has 0 fully saturated rings. The van der Waals surface area contributed by atoms with Crippen molar-refractivity contribution in [1.29, 1.82) is 0 Å². The first-order valence-corrected chi connectivity index (χ1v) is 5.27. The quantitative estimate of drug-likeness (QED) is 0.804. The largest absolute Gasteiger partial charge is 0.477 e. The first-order valence-electron chi connectivity index (χ1n) is 5.27. The topological polar surface area (TPSA) is 92.9 Å². The Morgan fingerprint density at radius 3 is 2.89 bits per heavy atom. The van der Waals surface area contributed by atoms with Crippen molar-refractivity contribution in [2.45, 2.75) is 6.04 Å². The molecule has 0 amide bonds. The zero-order valence-corrected chi connectivity index (χ0v) is 9.19. The summed E-state index contributed by atoms with van der Waals surface area (Å²) in [5.41, 5.74) is 0.995. The van der Waals surface area contributed by atoms with Crippen molar-refractivity contribution in [3.63, 3.8) is 0 Å². The molecule has 3 heterocycles. The van der Waals surface area contributed by atoms with Crippen molar-refractivity contribution < 1.29 is 9.90 Å². The van der Waals surface area contributed by atoms with Crippen LogP contribution in [-0.4, -0.2) is 30.8 Å². The lowest BCUT2D eigenvalue weighted by molar-refractivity contribution is -0.132. The number of carboxylic acid groups (broad SMARTS) is 1. The predicted octanol–water partition coefficient (Wildman–Crippen LogP) is 0.656. The van der Waals surface area contributed by atoms with E-state index in [0.29, 0.717) is 5.95 Å². The van der Waals surface area contributed by atoms with E-state index in [0.717, 1.165) is 5.56 Å². The van der Waals surface area contributed by atoms with Crippen LogP contribution in [0.25, 0.3) is 0 Å². The molecule has 0 radical (unpaired) electrons. The Morgan fingerprint density at radius 1 is 1.39 bits per heavy atom. The monoisotopic (exact) mass is 243 g/mol. The summed E-state index contributed by atoms with van der Waals surface area (Å²) < 4.78 is 1.63. The number of nitrogens with zero attached hydrogens (tertiary/aromatic N) is 4. The van der Waals surface area contributed by atoms with E-state index in [1.54, 1.807) is 23.2 Å². The van der Waals surface area contributed by atoms with Gasteiger partial charge in [-0.3, -0.25) is 4.98 Å². The highest BCUT2D eigenvalue weighted by molar-refractivity contribution is 5.90. The Morgan fingerprint density at radius 2 is 2.17 bits per heavy atom. The molecule has 90 valence electrons. The number of carbonyl (C=O) groups is 1. The van der Waals surface area contributed by atoms with Crippen LogP contribution in [0.3, 0.4) is 0 Å². The molecule has 0 saturated carbocycles. The number of aromatic nitrogens is 4. The lowest BCUT2D eigenvalue weighted by Gasteiger charge is -2.22. The van der Waals surface area contributed by atoms with Crippen molar-refractivity contribution in [3.05, 3.63) is 48.2 Å². The van der Waals surface area contributed by atoms with Crippen LogP contribution < -0.4 is 5.32 Å². The average Bonchev–Trinajstić information content (AvgIpc) is 2.86. The van der Waals surface area contributed by atoms with Crippen LogP contribution in [0.5, 0.6) is 0 Å². The van der Waals surface area contributed by atoms with E-state index >= 15 is 0 Å². The van der Waals surface area contributed by atoms with Crippen LogP contribution in [-0.2, 0) is 4.79 Å². The van der Waals surface area contributed by atoms with Gasteiger partial charge < -0.3 is 10.4 Å². The van der Waals surface area contributed by atoms with Gasteiger partial charge >= 0.3 is 5.97 Å². The number of rotatable bonds is 2. The summed E-state index contributed by atoms with van der Waals surface area (Å²) in [4.78, 5) is 19.0. The maximum Gasteiger partial charge on any atom is 0.352 e. The van der Waals surface area contributed by atoms with Gasteiger partial charge in [-0.25, -0.2) is 9.48 Å². The third-order valence-electron chi connectivity index (χ3n) is 2.69. The summed E-state index contributed by atoms with van der Waals surface area (Å²) >= 11 is 0. The van der Waals surface area contributed by atoms with Crippen molar-refractivity contribution in [1.82, 2.24) is 19.7 Å². The van der Waals surface area contributed by atoms with Crippen molar-refractivity contribution in [3.8, 4) is 0 Å². The van der Waals surface area contributed by atoms with E-state index < -0.39 is 5.97 Å². The first kappa shape index (κ1) is 10.5. The van der Waals surface area contributed by atoms with E-state index in [4.69, 9.17) is 5.11 Å². The van der Waals surface area contributed by atoms with E-state index in [1.165, 1.54) is 6.33 Å². The molecule has 3 rings (SSSR count). The number of nitrogens with one attached hydrogen (secondary N) is 1. The van der Waals surface area contributed by atoms with Gasteiger partial charge in [0.15, 0.2) is 0 Å². The van der Waals surface area contributed by atoms with Gasteiger partial charge in [0.2, 0.25) is 5.95 Å². The molecule has 0 saturated heterocycles. The molecule has 2 N–H and O–H groups in total. The van der Waals surface area contributed by atoms with Crippen LogP contribution in [0, 0.1) is 0 Å². The minimum Gasteiger partial charge on any atom is -0.477 e. The van der Waals surface area contributed by atoms with Gasteiger partial charge in [-0.2, -0.15) is 10.1 Å². The average molecular weight is 243 g/mol. The van der Waals surface area contributed by atoms with E-state index in [-0.39, 0.29) is 11.7 Å². The molecule has 1 aliphatic rings. The number of hydrogen-bond acceptors (Lipinski definition) is 5. The van der Waals surface area contributed by atoms with Gasteiger partial charge in [0.05, 0.1) is 0 Å². The maximum absolute atomic E-state index is 11.1. The van der Waals surface area contributed by atoms with Crippen molar-refractivity contribution in [2.24, 2.45) is 0 Å². The second-order valence-electron chi connectivity index (χ2n) is 3.76. The number of pyridine rings is 1. The SMILES string of the molecule is O=C(O)C1=C[C@@H](c2ccncc2)n2ncnc2N1. The molecular formula is C11H9N5O2. The molecular weight excluding hydrogens is 234 g/mol. The summed E-state index contributed by atoms with van der Waals surface area (Å²) in [6.45, 7) is 0. The molecule has 2 aromatic heterocycles. The standard InChI is InChI=1S/C11H9N5O2/c17-10(18)8-5-9(7-1-3-12-4-2-7)16-11(15-8)13-6-14-16/h1-6,9H,(H,17,18)(H,13,14,15)/t9-/m0/s1. The molecule has 1 atom stereocenters. The highest BCUT2D eigenvalue weighted by atomic mass is 16.4. The number of anilines is 1. The fraction of sp³-hybridized carbons (Fsp3) is 0.0909. The molecule has 18 heavy (non-hydrogen) atoms. The van der Waals surface area contributed by atoms with Crippen LogP contribution in [0.1, 0.15) is 11.6 Å². The highest BCUT2D eigenvalue weighted by Crippen LogP contribution is 2.27. The number of aliphatic carboxylic acids is 1. The minimum absolute atomic E-state index is 0.0947. The minimum atomic E-state index is -1.02. The van der Waals surface area contributed by atoms with Crippen LogP contribution in [0.2, 0.25) is 0 Å². The van der Waals surface area contributed by atoms with Gasteiger partial charge in [-0.1, -0.05) is 0 Å². The van der Waals surface area contributed by atoms with E-state index in [2.05, 4.69) is 20.4 Å². The summed E-state index contributed by atoms with van der Waals surface area (Å²) in [5, 5.41) is 15.9. The Kier molecular flexibility index (Phi) is 2.30. The fourth-order valence-electron chi connectivity index (χ4n) is 1.86. The van der Waals surface area contributed by atoms with Crippen molar-refractivity contribution in [2.75, 3.05) is 5.32 Å². The number of hydrogen-bond donors (Lipinski definition) is 2. The molecule has 7 nitrogen and oxygen atoms in total. The van der Waals surface area contributed by atoms with E-state index in [9.17, 15) is 4.79 Å². The van der Waals surface area contributed by atoms with Crippen LogP contribution >= 0.6 is 0 Å². The number of carboxylic acids is 1. The zero-order chi connectivity index (χ0) is 12.5. The van der Waals surface area contributed by atoms with Crippen LogP contribution in [0.15, 0.2) is 42.6 Å². The lowest BCUT2D eigenvalue weighted by atomic mass is 10.1. The molecule has 0 aliphatic carbocycles. The smallest absolute Gasteiger partial charge is 0.352 e. The summed E-state index contributed by atoms with van der Waals surface area (Å²) in [6.07, 6.45) is 6.29. The third-order valence-corrected chi connectivity index (χ3v) is 2.69. The van der Waals surface area contributed by atoms with Gasteiger partial charge in [-0.15, -0.1) is 0 Å². The summed E-state index contributed by atoms with van der Waals surface area (Å²) in [5.74, 6) is -0.611. The van der Waals surface area contributed by atoms with Gasteiger partial charge in [-0.05, 0) is 23.8 Å². The molecule has 7 heteroatoms. The maximum atomic E-state index is 11.1. The van der Waals surface area contributed by atoms with E-state index in [1.807, 2.05) is 12.1 Å². The number of allylic oxidation sites excluding steroid dienone is 1. The normalized spacial score (nSPS) is 17.6. The second kappa shape index (κ2) is 3.95. The van der Waals surface area contributed by atoms with Gasteiger partial charge in [0.1, 0.15) is 18.1 Å². The second-order valence-corrected chi connectivity index (χ2v) is 3.76. The van der Waals surface area contributed by atoms with Crippen LogP contribution in [0.4, 0.5) is 5.95 Å². The summed E-state index contributed by atoms with van der Waals surface area (Å²) in [7, 11) is 0. The van der Waals surface area contributed by atoms with Gasteiger partial charge in [0, 0.05) is 12.4 Å². The van der Waals surface area contributed by atoms with Crippen molar-refractivity contribution >= 4 is 11.9 Å². The zero-order valence-electron chi connectivity index (χ0n) is 9.19. The summed E-state index contributed by atoms with van der Waals surface area (Å²) in [6, 6.07) is 3.34. The first-order chi connectivity index (χ1) is 8.75. The molecule has 0 unspecified atom stereocenters. The molecule has 0 bridgehead atoms. The fourth-order valence-corrected chi connectivity index (χ4v) is 1.86. The molecule has 1 aliphatic heterocycles. The number of fused-ring (bicyclic) bond motifs is 1. The Labute approximate surface area is 102 Å².